The number of benzene rings is 8. The molecular formula is C70H78N3O7. The summed E-state index contributed by atoms with van der Waals surface area (Å²) in [4.78, 5) is 63.5. The first-order valence-corrected chi connectivity index (χ1v) is 28.7. The van der Waals surface area contributed by atoms with Gasteiger partial charge in [0.2, 0.25) is 0 Å². The van der Waals surface area contributed by atoms with Gasteiger partial charge in [0.1, 0.15) is 23.0 Å². The molecule has 0 bridgehead atoms. The third-order valence-electron chi connectivity index (χ3n) is 16.3. The van der Waals surface area contributed by atoms with Crippen LogP contribution in [0.15, 0.2) is 97.1 Å². The van der Waals surface area contributed by atoms with Crippen molar-refractivity contribution in [2.75, 3.05) is 16.5 Å². The molecule has 80 heavy (non-hydrogen) atoms. The lowest BCUT2D eigenvalue weighted by Gasteiger charge is -2.32. The average molecular weight is 1070 g/mol. The smallest absolute Gasteiger partial charge is 0.266 e. The van der Waals surface area contributed by atoms with Gasteiger partial charge in [-0.2, -0.15) is 0 Å². The van der Waals surface area contributed by atoms with Crippen molar-refractivity contribution < 1.29 is 33.9 Å². The standard InChI is InChI=1S/C70H78N3O7/c1-17-18-19-20-21-22-31-71-62(74)50-29-27-48-59-55(80-47-36-42(68(8,9)10)33-43(37-47)69(11,12)13)39-53-57-51(64(76)72(65(53)77)44-23-25-45(26-24-44)73(78)70(14,15)16)30-28-49(61(57)59)58-54(38-52(63(71)75)56(50)60(48)58)79-46-34-40(66(2,3)4)32-41(35-46)67(5,6)7/h23-30,32-39H,17-22,31H2,1-16H3. The largest absolute Gasteiger partial charge is 0.457 e. The highest BCUT2D eigenvalue weighted by molar-refractivity contribution is 6.45. The Balaban J connectivity index is 1.29. The Labute approximate surface area is 472 Å². The van der Waals surface area contributed by atoms with Crippen LogP contribution in [0.3, 0.4) is 0 Å². The number of amides is 4. The van der Waals surface area contributed by atoms with Crippen LogP contribution < -0.4 is 19.4 Å². The maximum Gasteiger partial charge on any atom is 0.266 e. The molecule has 2 aliphatic heterocycles. The normalized spacial score (nSPS) is 14.5. The van der Waals surface area contributed by atoms with Gasteiger partial charge >= 0.3 is 0 Å². The van der Waals surface area contributed by atoms with E-state index in [1.807, 2.05) is 45.0 Å². The zero-order valence-electron chi connectivity index (χ0n) is 49.9. The summed E-state index contributed by atoms with van der Waals surface area (Å²) in [5, 5.41) is 19.0. The van der Waals surface area contributed by atoms with Gasteiger partial charge in [-0.05, 0) is 155 Å². The molecule has 0 fully saturated rings. The summed E-state index contributed by atoms with van der Waals surface area (Å²) in [5.74, 6) is 0.119. The summed E-state index contributed by atoms with van der Waals surface area (Å²) >= 11 is 0. The van der Waals surface area contributed by atoms with Crippen LogP contribution >= 0.6 is 0 Å². The van der Waals surface area contributed by atoms with Gasteiger partial charge in [-0.25, -0.2) is 9.96 Å². The maximum atomic E-state index is 15.5. The minimum absolute atomic E-state index is 0.238. The molecule has 4 amide bonds. The van der Waals surface area contributed by atoms with Crippen molar-refractivity contribution in [1.82, 2.24) is 4.90 Å². The highest BCUT2D eigenvalue weighted by Crippen LogP contribution is 2.54. The van der Waals surface area contributed by atoms with Crippen molar-refractivity contribution in [2.45, 2.75) is 177 Å². The summed E-state index contributed by atoms with van der Waals surface area (Å²) in [5.41, 5.74) is 4.64. The molecular weight excluding hydrogens is 995 g/mol. The van der Waals surface area contributed by atoms with Crippen LogP contribution in [-0.4, -0.2) is 40.6 Å². The number of nitrogens with zero attached hydrogens (tertiary/aromatic N) is 3. The van der Waals surface area contributed by atoms with Crippen molar-refractivity contribution in [2.24, 2.45) is 0 Å². The molecule has 415 valence electrons. The maximum absolute atomic E-state index is 15.5. The van der Waals surface area contributed by atoms with Crippen molar-refractivity contribution in [1.29, 1.82) is 0 Å². The van der Waals surface area contributed by atoms with E-state index in [0.29, 0.717) is 107 Å². The molecule has 10 nitrogen and oxygen atoms in total. The molecule has 2 aliphatic rings. The zero-order valence-corrected chi connectivity index (χ0v) is 49.9. The topological polar surface area (TPSA) is 116 Å². The van der Waals surface area contributed by atoms with E-state index in [9.17, 15) is 10.0 Å². The molecule has 0 saturated heterocycles. The van der Waals surface area contributed by atoms with Gasteiger partial charge in [0, 0.05) is 50.0 Å². The lowest BCUT2D eigenvalue weighted by atomic mass is 9.80. The molecule has 1 radical (unpaired) electrons. The van der Waals surface area contributed by atoms with Gasteiger partial charge in [0.25, 0.3) is 23.6 Å². The number of carbonyl (C=O) groups is 4. The molecule has 0 spiro atoms. The Kier molecular flexibility index (Phi) is 13.8. The Morgan fingerprint density at radius 2 is 0.800 bits per heavy atom. The number of hydrogen-bond donors (Lipinski definition) is 0. The van der Waals surface area contributed by atoms with Crippen LogP contribution in [-0.2, 0) is 26.9 Å². The van der Waals surface area contributed by atoms with E-state index in [0.717, 1.165) is 59.4 Å². The summed E-state index contributed by atoms with van der Waals surface area (Å²) < 4.78 is 14.6. The fraction of sp³-hybridized carbons (Fsp3) is 0.400. The van der Waals surface area contributed by atoms with Crippen LogP contribution in [0.5, 0.6) is 23.0 Å². The van der Waals surface area contributed by atoms with E-state index in [4.69, 9.17) is 9.47 Å². The van der Waals surface area contributed by atoms with E-state index in [1.165, 1.54) is 9.80 Å². The molecule has 8 aromatic rings. The highest BCUT2D eigenvalue weighted by Gasteiger charge is 2.40. The lowest BCUT2D eigenvalue weighted by Crippen LogP contribution is -2.41. The van der Waals surface area contributed by atoms with Gasteiger partial charge in [-0.1, -0.05) is 152 Å². The predicted molar refractivity (Wildman–Crippen MR) is 325 cm³/mol. The third kappa shape index (κ3) is 9.85. The quantitative estimate of drug-likeness (QED) is 0.0371. The van der Waals surface area contributed by atoms with Gasteiger partial charge in [0.05, 0.1) is 28.0 Å². The first-order chi connectivity index (χ1) is 37.4. The third-order valence-corrected chi connectivity index (χ3v) is 16.3. The molecule has 0 saturated carbocycles. The fourth-order valence-electron chi connectivity index (χ4n) is 11.5. The lowest BCUT2D eigenvalue weighted by molar-refractivity contribution is 0.0606. The van der Waals surface area contributed by atoms with Gasteiger partial charge in [-0.15, -0.1) is 0 Å². The Morgan fingerprint density at radius 3 is 1.23 bits per heavy atom. The van der Waals surface area contributed by atoms with Gasteiger partial charge in [0.15, 0.2) is 0 Å². The van der Waals surface area contributed by atoms with Gasteiger partial charge in [-0.3, -0.25) is 24.1 Å². The number of anilines is 2. The summed E-state index contributed by atoms with van der Waals surface area (Å²) in [6, 6.07) is 30.2. The SMILES string of the molecule is CCCCCCCCN1C(=O)c2ccc3c4c(Oc5cc(C(C)(C)C)cc(C(C)(C)C)c5)cc5c6c(ccc(c7c(Oc8cc(C(C)(C)C)cc(C(C)(C)C)c8)cc(c2c37)C1=O)c64)C(=O)N(c1ccc(N([O])C(C)(C)C)cc1)C5=O. The number of fused-ring (bicyclic) bond motifs is 2. The zero-order chi connectivity index (χ0) is 57.9. The second-order valence-corrected chi connectivity index (χ2v) is 27.6. The van der Waals surface area contributed by atoms with Crippen molar-refractivity contribution in [3.63, 3.8) is 0 Å². The number of rotatable bonds is 13. The molecule has 8 aromatic carbocycles. The first-order valence-electron chi connectivity index (χ1n) is 28.7. The van der Waals surface area contributed by atoms with E-state index in [-0.39, 0.29) is 39.0 Å². The van der Waals surface area contributed by atoms with E-state index < -0.39 is 17.4 Å². The number of hydrogen-bond acceptors (Lipinski definition) is 7. The first kappa shape index (κ1) is 56.0. The number of carbonyl (C=O) groups excluding carboxylic acids is 4. The summed E-state index contributed by atoms with van der Waals surface area (Å²) in [6.07, 6.45) is 6.01. The minimum atomic E-state index is -0.720. The Morgan fingerprint density at radius 1 is 0.412 bits per heavy atom. The molecule has 0 unspecified atom stereocenters. The number of hydroxylamine groups is 1. The van der Waals surface area contributed by atoms with E-state index >= 15 is 14.4 Å². The fourth-order valence-corrected chi connectivity index (χ4v) is 11.5. The van der Waals surface area contributed by atoms with Crippen LogP contribution in [0.4, 0.5) is 11.4 Å². The number of ether oxygens (including phenoxy) is 2. The van der Waals surface area contributed by atoms with Crippen molar-refractivity contribution in [3.8, 4) is 23.0 Å². The van der Waals surface area contributed by atoms with Crippen molar-refractivity contribution in [3.05, 3.63) is 142 Å². The minimum Gasteiger partial charge on any atom is -0.457 e. The Bertz CT molecular complexity index is 3770. The summed E-state index contributed by atoms with van der Waals surface area (Å²) in [6.45, 7) is 34.0. The molecule has 0 atom stereocenters. The molecule has 0 N–H and O–H groups in total. The molecule has 10 heteroatoms. The van der Waals surface area contributed by atoms with Crippen LogP contribution in [0.1, 0.15) is 213 Å². The molecule has 2 heterocycles. The predicted octanol–water partition coefficient (Wildman–Crippen LogP) is 18.2. The number of unbranched alkanes of at least 4 members (excludes halogenated alkanes) is 5. The molecule has 0 aromatic heterocycles. The second kappa shape index (κ2) is 19.8. The average Bonchev–Trinajstić information content (AvgIpc) is 3.37. The molecule has 0 aliphatic carbocycles. The van der Waals surface area contributed by atoms with Gasteiger partial charge < -0.3 is 9.47 Å². The van der Waals surface area contributed by atoms with E-state index in [2.05, 4.69) is 126 Å². The van der Waals surface area contributed by atoms with Crippen LogP contribution in [0.25, 0.3) is 43.1 Å². The van der Waals surface area contributed by atoms with Crippen molar-refractivity contribution >= 4 is 78.1 Å². The monoisotopic (exact) mass is 1070 g/mol. The van der Waals surface area contributed by atoms with E-state index in [1.54, 1.807) is 36.4 Å². The second-order valence-electron chi connectivity index (χ2n) is 27.6. The number of imide groups is 2. The highest BCUT2D eigenvalue weighted by atomic mass is 16.5. The Hall–Kier alpha value is -7.30. The van der Waals surface area contributed by atoms with Crippen LogP contribution in [0.2, 0.25) is 0 Å². The molecule has 10 rings (SSSR count). The van der Waals surface area contributed by atoms with Crippen LogP contribution in [0, 0.1) is 0 Å². The summed E-state index contributed by atoms with van der Waals surface area (Å²) in [7, 11) is 0.